The topological polar surface area (TPSA) is 435 Å². The van der Waals surface area contributed by atoms with Crippen LogP contribution >= 0.6 is 23.5 Å². The Kier molecular flexibility index (Phi) is 32.1. The second-order valence-corrected chi connectivity index (χ2v) is 35.9. The summed E-state index contributed by atoms with van der Waals surface area (Å²) in [5, 5.41) is 26.4. The van der Waals surface area contributed by atoms with E-state index >= 15 is 9.59 Å². The van der Waals surface area contributed by atoms with E-state index in [0.29, 0.717) is 62.3 Å². The summed E-state index contributed by atoms with van der Waals surface area (Å²) in [4.78, 5) is 225. The highest BCUT2D eigenvalue weighted by Crippen LogP contribution is 2.45. The fourth-order valence-corrected chi connectivity index (χ4v) is 18.5. The number of nitrogens with zero attached hydrogens (tertiary/aromatic N) is 7. The second-order valence-electron chi connectivity index (χ2n) is 33.9. The van der Waals surface area contributed by atoms with Gasteiger partial charge in [0, 0.05) is 116 Å². The van der Waals surface area contributed by atoms with Gasteiger partial charge in [0.2, 0.25) is 40.9 Å². The van der Waals surface area contributed by atoms with Gasteiger partial charge in [-0.3, -0.25) is 57.6 Å². The number of anilines is 1. The SMILES string of the molecule is CSc1ccc2c(c1)C(N1CCN(C)CC1)Cc1ccccc1S2.Cc1c2oc3c(C)ccc(C(=O)NC4C(=O)NC(C(C)C)C(=O)C5CCCC5C(=O)N(C)CC(=O)N(C)C(C(C)C)C(=O)OC4C)c3nc-2c(C(=O)NC2C(=O)NC(C(C)C)C(=O)C3CCCC3C(=O)N(C)CC(=O)N(C)C(C(C)C)C(=O)OC2C)c(N)c1=O.O=C(O)C=CC(=O)O. The number of ether oxygens (including phenoxy) is 2. The average molecular weight is 1730 g/mol. The fraction of sp³-hybridized carbons (Fsp3) is 0.545. The number of aliphatic carboxylic acids is 2. The maximum absolute atomic E-state index is 15.2. The van der Waals surface area contributed by atoms with Crippen LogP contribution in [-0.2, 0) is 73.4 Å². The normalized spacial score (nSPS) is 25.4. The molecule has 3 saturated heterocycles. The molecular weight excluding hydrogens is 1610 g/mol. The van der Waals surface area contributed by atoms with E-state index in [1.165, 1.54) is 110 Å². The molecule has 0 aromatic heterocycles. The highest BCUT2D eigenvalue weighted by molar-refractivity contribution is 7.99. The number of nitrogen functional groups attached to an aromatic ring is 1. The van der Waals surface area contributed by atoms with Crippen LogP contribution in [0, 0.1) is 61.2 Å². The average Bonchev–Trinajstić information content (AvgIpc) is 0.818. The zero-order valence-electron chi connectivity index (χ0n) is 72.6. The minimum atomic E-state index is -1.86. The zero-order valence-corrected chi connectivity index (χ0v) is 74.3. The number of nitrogens with two attached hydrogens (primary N) is 1. The van der Waals surface area contributed by atoms with Crippen LogP contribution in [0.4, 0.5) is 5.69 Å². The molecule has 0 bridgehead atoms. The number of fused-ring (bicyclic) bond motifs is 6. The number of rotatable bonds is 12. The molecule has 0 radical (unpaired) electrons. The number of aromatic nitrogens is 1. The van der Waals surface area contributed by atoms with Crippen LogP contribution in [0.1, 0.15) is 157 Å². The summed E-state index contributed by atoms with van der Waals surface area (Å²) in [5.41, 5.74) is 6.68. The number of benzene rings is 4. The maximum Gasteiger partial charge on any atom is 0.329 e. The van der Waals surface area contributed by atoms with E-state index in [-0.39, 0.29) is 33.7 Å². The Morgan fingerprint density at radius 3 is 1.56 bits per heavy atom. The molecule has 5 heterocycles. The lowest BCUT2D eigenvalue weighted by Crippen LogP contribution is -2.59. The summed E-state index contributed by atoms with van der Waals surface area (Å²) >= 11 is 3.79. The Bertz CT molecular complexity index is 4890. The van der Waals surface area contributed by atoms with Crippen LogP contribution in [-0.4, -0.2) is 257 Å². The third-order valence-corrected chi connectivity index (χ3v) is 25.8. The Morgan fingerprint density at radius 2 is 1.09 bits per heavy atom. The number of nitrogens with one attached hydrogen (secondary N) is 4. The lowest BCUT2D eigenvalue weighted by atomic mass is 9.83. The first-order valence-electron chi connectivity index (χ1n) is 41.4. The summed E-state index contributed by atoms with van der Waals surface area (Å²) in [6.45, 7) is 22.9. The van der Waals surface area contributed by atoms with Crippen molar-refractivity contribution in [2.45, 2.75) is 197 Å². The number of thioether (sulfide) groups is 1. The molecule has 11 rings (SSSR count). The molecule has 2 saturated carbocycles. The number of hydrogen-bond acceptors (Lipinski definition) is 24. The third-order valence-electron chi connectivity index (χ3n) is 23.9. The predicted molar refractivity (Wildman–Crippen MR) is 456 cm³/mol. The molecule has 13 unspecified atom stereocenters. The number of likely N-dealkylation sites (N-methyl/N-ethyl adjacent to an activating group) is 5. The highest BCUT2D eigenvalue weighted by atomic mass is 32.2. The van der Waals surface area contributed by atoms with E-state index < -0.39 is 208 Å². The van der Waals surface area contributed by atoms with Crippen LogP contribution < -0.4 is 32.4 Å². The molecule has 0 spiro atoms. The minimum absolute atomic E-state index is 0.0668. The number of hydrogen-bond donors (Lipinski definition) is 7. The standard InChI is InChI=1S/C64H88N10O16.C20H24N2S2.C4H4O4/c1-27(2)44-53(78)35-19-17-21-37(35)61(84)71(13)25-40(75)73(15)50(29(5)6)63(86)88-33(11)46(59(82)67-44)69-57(80)39-24-23-31(9)55-48(39)66-49-42(43(65)52(77)32(10)56(49)90-55)58(81)70-47-34(12)89-64(87)51(30(7)8)74(16)41(76)26-72(14)62(85)38-22-18-20-36(38)54(79)45(28(3)4)68-60(47)83;1-21-9-11-22(12-10-21)18-13-15-5-3-4-6-19(15)24-20-8-7-16(23-2)14-17(18)20;5-3(6)1-2-4(7)8/h23-24,27-30,33-38,44-47,50-51H,17-22,25-26,65H2,1-16H3,(H,67,82)(H,68,83)(H,69,80)(H,70,81);3-8,14,18H,9-13H2,1-2H3;1-2H,(H,5,6)(H,7,8). The number of aryl methyl sites for hydroxylation is 1. The minimum Gasteiger partial charge on any atom is -0.478 e. The van der Waals surface area contributed by atoms with Crippen molar-refractivity contribution < 1.29 is 91.2 Å². The van der Waals surface area contributed by atoms with E-state index in [9.17, 15) is 62.3 Å². The number of carbonyl (C=O) groups excluding carboxylic acids is 12. The predicted octanol–water partition coefficient (Wildman–Crippen LogP) is 6.83. The van der Waals surface area contributed by atoms with Gasteiger partial charge >= 0.3 is 23.9 Å². The summed E-state index contributed by atoms with van der Waals surface area (Å²) in [7, 11) is 7.90. The van der Waals surface area contributed by atoms with Gasteiger partial charge in [0.25, 0.3) is 11.8 Å². The molecule has 3 aromatic rings. The van der Waals surface area contributed by atoms with E-state index in [1.54, 1.807) is 62.3 Å². The summed E-state index contributed by atoms with van der Waals surface area (Å²) in [5.74, 6) is -17.4. The van der Waals surface area contributed by atoms with E-state index in [0.717, 1.165) is 29.3 Å². The Balaban J connectivity index is 0.000000434. The largest absolute Gasteiger partial charge is 0.478 e. The van der Waals surface area contributed by atoms with Crippen LogP contribution in [0.2, 0.25) is 0 Å². The smallest absolute Gasteiger partial charge is 0.329 e. The van der Waals surface area contributed by atoms with Crippen LogP contribution in [0.5, 0.6) is 0 Å². The molecule has 8 N–H and O–H groups in total. The molecule has 32 nitrogen and oxygen atoms in total. The van der Waals surface area contributed by atoms with Crippen molar-refractivity contribution in [3.8, 4) is 11.5 Å². The molecule has 122 heavy (non-hydrogen) atoms. The highest BCUT2D eigenvalue weighted by Gasteiger charge is 2.48. The molecule has 34 heteroatoms. The number of carboxylic acid groups (broad SMARTS) is 2. The second kappa shape index (κ2) is 41.1. The molecule has 8 amide bonds. The number of Topliss-reactive ketones (excluding diaryl/α,β-unsaturated/α-hetero) is 2. The first-order chi connectivity index (χ1) is 57.5. The van der Waals surface area contributed by atoms with E-state index in [2.05, 4.69) is 86.8 Å². The van der Waals surface area contributed by atoms with Crippen LogP contribution in [0.25, 0.3) is 22.6 Å². The van der Waals surface area contributed by atoms with Gasteiger partial charge in [-0.25, -0.2) is 24.2 Å². The molecule has 13 atom stereocenters. The number of amides is 8. The van der Waals surface area contributed by atoms with Crippen molar-refractivity contribution in [2.75, 3.05) is 86.5 Å². The van der Waals surface area contributed by atoms with Gasteiger partial charge in [0.1, 0.15) is 47.6 Å². The summed E-state index contributed by atoms with van der Waals surface area (Å²) < 4.78 is 18.3. The van der Waals surface area contributed by atoms with Gasteiger partial charge in [-0.05, 0) is 144 Å². The van der Waals surface area contributed by atoms with Crippen LogP contribution in [0.3, 0.4) is 0 Å². The van der Waals surface area contributed by atoms with Crippen molar-refractivity contribution >= 4 is 123 Å². The van der Waals surface area contributed by atoms with Crippen molar-refractivity contribution in [3.63, 3.8) is 0 Å². The number of piperazine rings is 1. The van der Waals surface area contributed by atoms with Gasteiger partial charge in [-0.1, -0.05) is 104 Å². The number of carbonyl (C=O) groups is 14. The Morgan fingerprint density at radius 1 is 0.615 bits per heavy atom. The first kappa shape index (κ1) is 95.3. The Labute approximate surface area is 719 Å². The summed E-state index contributed by atoms with van der Waals surface area (Å²) in [6.07, 6.45) is 3.76. The van der Waals surface area contributed by atoms with Gasteiger partial charge in [-0.2, -0.15) is 0 Å². The van der Waals surface area contributed by atoms with Gasteiger partial charge in [0.15, 0.2) is 22.9 Å². The van der Waals surface area contributed by atoms with Crippen molar-refractivity contribution in [2.24, 2.45) is 47.3 Å². The molecule has 3 aromatic carbocycles. The molecular formula is C88H116N12O20S2. The molecule has 5 aliphatic heterocycles. The maximum atomic E-state index is 15.2. The van der Waals surface area contributed by atoms with E-state index in [4.69, 9.17) is 34.8 Å². The Hall–Kier alpha value is -10.6. The lowest BCUT2D eigenvalue weighted by Gasteiger charge is -2.38. The van der Waals surface area contributed by atoms with Gasteiger partial charge < -0.3 is 75.6 Å². The third kappa shape index (κ3) is 21.7. The van der Waals surface area contributed by atoms with Crippen molar-refractivity contribution in [3.05, 3.63) is 110 Å². The first-order valence-corrected chi connectivity index (χ1v) is 43.4. The fourth-order valence-electron chi connectivity index (χ4n) is 17.0. The summed E-state index contributed by atoms with van der Waals surface area (Å²) in [6, 6.07) is 10.8. The number of carboxylic acids is 2. The van der Waals surface area contributed by atoms with Crippen molar-refractivity contribution in [1.82, 2.24) is 55.7 Å². The van der Waals surface area contributed by atoms with Crippen LogP contribution in [0.15, 0.2) is 90.6 Å². The monoisotopic (exact) mass is 1720 g/mol. The zero-order chi connectivity index (χ0) is 90.1. The number of cyclic esters (lactones) is 2. The molecule has 8 aliphatic rings. The van der Waals surface area contributed by atoms with Gasteiger partial charge in [-0.15, -0.1) is 11.8 Å². The number of esters is 2. The van der Waals surface area contributed by atoms with Crippen molar-refractivity contribution in [1.29, 1.82) is 0 Å². The molecule has 5 fully saturated rings. The lowest BCUT2D eigenvalue weighted by molar-refractivity contribution is -0.163. The quantitative estimate of drug-likeness (QED) is 0.0221. The number of ketones is 2. The van der Waals surface area contributed by atoms with E-state index in [1.807, 2.05) is 23.5 Å². The molecule has 3 aliphatic carbocycles. The molecule has 660 valence electrons. The van der Waals surface area contributed by atoms with Gasteiger partial charge in [0.05, 0.1) is 42.0 Å².